The van der Waals surface area contributed by atoms with E-state index in [1.807, 2.05) is 13.8 Å². The smallest absolute Gasteiger partial charge is 0.234 e. The van der Waals surface area contributed by atoms with E-state index in [0.29, 0.717) is 19.7 Å². The summed E-state index contributed by atoms with van der Waals surface area (Å²) < 4.78 is 4.90. The Bertz CT molecular complexity index is 193. The maximum absolute atomic E-state index is 11.3. The zero-order valence-electron chi connectivity index (χ0n) is 9.22. The molecule has 0 spiro atoms. The molecule has 0 aromatic carbocycles. The van der Waals surface area contributed by atoms with E-state index < -0.39 is 0 Å². The molecule has 0 aromatic heterocycles. The number of hydrogen-bond acceptors (Lipinski definition) is 3. The Morgan fingerprint density at radius 1 is 1.50 bits per heavy atom. The first-order chi connectivity index (χ1) is 6.56. The van der Waals surface area contributed by atoms with Crippen LogP contribution in [0.4, 0.5) is 0 Å². The Kier molecular flexibility index (Phi) is 7.06. The first kappa shape index (κ1) is 13.1. The van der Waals surface area contributed by atoms with Gasteiger partial charge in [-0.2, -0.15) is 0 Å². The normalized spacial score (nSPS) is 12.2. The molecule has 4 nitrogen and oxygen atoms in total. The summed E-state index contributed by atoms with van der Waals surface area (Å²) in [6, 6.07) is 0.0547. The minimum absolute atomic E-state index is 0.0178. The fourth-order valence-electron chi connectivity index (χ4n) is 1.01. The average Bonchev–Trinajstić information content (AvgIpc) is 2.03. The summed E-state index contributed by atoms with van der Waals surface area (Å²) in [5.41, 5.74) is 1.02. The third-order valence-electron chi connectivity index (χ3n) is 1.54. The van der Waals surface area contributed by atoms with Crippen molar-refractivity contribution in [3.05, 3.63) is 12.2 Å². The van der Waals surface area contributed by atoms with Gasteiger partial charge in [-0.3, -0.25) is 4.79 Å². The molecule has 2 N–H and O–H groups in total. The maximum Gasteiger partial charge on any atom is 0.234 e. The molecule has 14 heavy (non-hydrogen) atoms. The molecule has 1 unspecified atom stereocenters. The summed E-state index contributed by atoms with van der Waals surface area (Å²) in [6.45, 7) is 9.07. The molecule has 0 radical (unpaired) electrons. The standard InChI is InChI=1S/C10H20N2O2/c1-8(2)5-11-6-10(13)12-9(3)7-14-4/h9,11H,1,5-7H2,2-4H3,(H,12,13). The quantitative estimate of drug-likeness (QED) is 0.581. The predicted octanol–water partition coefficient (Wildman–Crippen LogP) is 0.303. The number of ether oxygens (including phenoxy) is 1. The van der Waals surface area contributed by atoms with E-state index in [-0.39, 0.29) is 11.9 Å². The van der Waals surface area contributed by atoms with Gasteiger partial charge in [-0.15, -0.1) is 0 Å². The van der Waals surface area contributed by atoms with Crippen LogP contribution in [0.3, 0.4) is 0 Å². The molecule has 1 amide bonds. The maximum atomic E-state index is 11.3. The lowest BCUT2D eigenvalue weighted by Crippen LogP contribution is -2.41. The molecule has 0 saturated carbocycles. The van der Waals surface area contributed by atoms with Gasteiger partial charge < -0.3 is 15.4 Å². The van der Waals surface area contributed by atoms with Crippen molar-refractivity contribution < 1.29 is 9.53 Å². The van der Waals surface area contributed by atoms with Gasteiger partial charge >= 0.3 is 0 Å². The predicted molar refractivity (Wildman–Crippen MR) is 57.2 cm³/mol. The first-order valence-corrected chi connectivity index (χ1v) is 4.69. The lowest BCUT2D eigenvalue weighted by atomic mass is 10.3. The van der Waals surface area contributed by atoms with Gasteiger partial charge in [0.2, 0.25) is 5.91 Å². The summed E-state index contributed by atoms with van der Waals surface area (Å²) in [6.07, 6.45) is 0. The molecular formula is C10H20N2O2. The minimum atomic E-state index is -0.0178. The molecule has 0 aromatic rings. The SMILES string of the molecule is C=C(C)CNCC(=O)NC(C)COC. The molecule has 0 fully saturated rings. The third-order valence-corrected chi connectivity index (χ3v) is 1.54. The molecule has 82 valence electrons. The Morgan fingerprint density at radius 2 is 2.14 bits per heavy atom. The van der Waals surface area contributed by atoms with Crippen LogP contribution >= 0.6 is 0 Å². The molecule has 0 aliphatic rings. The van der Waals surface area contributed by atoms with Gasteiger partial charge in [-0.1, -0.05) is 12.2 Å². The van der Waals surface area contributed by atoms with Gasteiger partial charge in [0.05, 0.1) is 13.2 Å². The molecular weight excluding hydrogens is 180 g/mol. The zero-order valence-corrected chi connectivity index (χ0v) is 9.22. The molecule has 1 atom stereocenters. The van der Waals surface area contributed by atoms with Gasteiger partial charge in [0, 0.05) is 19.7 Å². The van der Waals surface area contributed by atoms with Crippen LogP contribution < -0.4 is 10.6 Å². The summed E-state index contributed by atoms with van der Waals surface area (Å²) in [5, 5.41) is 5.78. The van der Waals surface area contributed by atoms with Crippen molar-refractivity contribution >= 4 is 5.91 Å². The van der Waals surface area contributed by atoms with E-state index in [4.69, 9.17) is 4.74 Å². The van der Waals surface area contributed by atoms with Gasteiger partial charge in [0.25, 0.3) is 0 Å². The monoisotopic (exact) mass is 200 g/mol. The highest BCUT2D eigenvalue weighted by Crippen LogP contribution is 1.83. The second kappa shape index (κ2) is 7.53. The van der Waals surface area contributed by atoms with Crippen molar-refractivity contribution in [2.24, 2.45) is 0 Å². The Labute approximate surface area is 85.7 Å². The van der Waals surface area contributed by atoms with Gasteiger partial charge in [-0.05, 0) is 13.8 Å². The van der Waals surface area contributed by atoms with Crippen LogP contribution in [0.15, 0.2) is 12.2 Å². The fourth-order valence-corrected chi connectivity index (χ4v) is 1.01. The van der Waals surface area contributed by atoms with Crippen LogP contribution in [0.5, 0.6) is 0 Å². The molecule has 0 aliphatic heterocycles. The van der Waals surface area contributed by atoms with Crippen LogP contribution in [0, 0.1) is 0 Å². The molecule has 0 saturated heterocycles. The number of hydrogen-bond donors (Lipinski definition) is 2. The van der Waals surface area contributed by atoms with Crippen molar-refractivity contribution in [3.63, 3.8) is 0 Å². The molecule has 0 bridgehead atoms. The van der Waals surface area contributed by atoms with E-state index in [1.165, 1.54) is 0 Å². The van der Waals surface area contributed by atoms with Crippen LogP contribution in [0.2, 0.25) is 0 Å². The van der Waals surface area contributed by atoms with E-state index in [0.717, 1.165) is 5.57 Å². The number of carbonyl (C=O) groups is 1. The second-order valence-corrected chi connectivity index (χ2v) is 3.48. The fraction of sp³-hybridized carbons (Fsp3) is 0.700. The summed E-state index contributed by atoms with van der Waals surface area (Å²) in [5.74, 6) is -0.0178. The average molecular weight is 200 g/mol. The lowest BCUT2D eigenvalue weighted by Gasteiger charge is -2.12. The second-order valence-electron chi connectivity index (χ2n) is 3.48. The van der Waals surface area contributed by atoms with Crippen molar-refractivity contribution in [1.82, 2.24) is 10.6 Å². The van der Waals surface area contributed by atoms with Crippen LogP contribution in [-0.2, 0) is 9.53 Å². The van der Waals surface area contributed by atoms with Gasteiger partial charge in [0.15, 0.2) is 0 Å². The number of amides is 1. The van der Waals surface area contributed by atoms with E-state index in [1.54, 1.807) is 7.11 Å². The minimum Gasteiger partial charge on any atom is -0.383 e. The highest BCUT2D eigenvalue weighted by atomic mass is 16.5. The number of carbonyl (C=O) groups excluding carboxylic acids is 1. The first-order valence-electron chi connectivity index (χ1n) is 4.69. The Balaban J connectivity index is 3.50. The highest BCUT2D eigenvalue weighted by Gasteiger charge is 2.05. The topological polar surface area (TPSA) is 50.4 Å². The van der Waals surface area contributed by atoms with E-state index in [2.05, 4.69) is 17.2 Å². The third kappa shape index (κ3) is 7.76. The summed E-state index contributed by atoms with van der Waals surface area (Å²) in [4.78, 5) is 11.3. The van der Waals surface area contributed by atoms with Crippen LogP contribution in [-0.4, -0.2) is 38.8 Å². The Hall–Kier alpha value is -0.870. The van der Waals surface area contributed by atoms with Crippen LogP contribution in [0.1, 0.15) is 13.8 Å². The van der Waals surface area contributed by atoms with E-state index in [9.17, 15) is 4.79 Å². The Morgan fingerprint density at radius 3 is 2.64 bits per heavy atom. The van der Waals surface area contributed by atoms with Crippen molar-refractivity contribution in [1.29, 1.82) is 0 Å². The molecule has 4 heteroatoms. The molecule has 0 rings (SSSR count). The van der Waals surface area contributed by atoms with Crippen molar-refractivity contribution in [2.45, 2.75) is 19.9 Å². The van der Waals surface area contributed by atoms with Crippen LogP contribution in [0.25, 0.3) is 0 Å². The molecule has 0 aliphatic carbocycles. The highest BCUT2D eigenvalue weighted by molar-refractivity contribution is 5.78. The number of nitrogens with one attached hydrogen (secondary N) is 2. The summed E-state index contributed by atoms with van der Waals surface area (Å²) in [7, 11) is 1.61. The van der Waals surface area contributed by atoms with E-state index >= 15 is 0 Å². The van der Waals surface area contributed by atoms with Crippen molar-refractivity contribution in [2.75, 3.05) is 26.8 Å². The van der Waals surface area contributed by atoms with Gasteiger partial charge in [0.1, 0.15) is 0 Å². The number of methoxy groups -OCH3 is 1. The number of rotatable bonds is 7. The lowest BCUT2D eigenvalue weighted by molar-refractivity contribution is -0.121. The zero-order chi connectivity index (χ0) is 11.0. The molecule has 0 heterocycles. The largest absolute Gasteiger partial charge is 0.383 e. The van der Waals surface area contributed by atoms with Crippen molar-refractivity contribution in [3.8, 4) is 0 Å². The van der Waals surface area contributed by atoms with Gasteiger partial charge in [-0.25, -0.2) is 0 Å². The summed E-state index contributed by atoms with van der Waals surface area (Å²) >= 11 is 0.